The van der Waals surface area contributed by atoms with E-state index in [2.05, 4.69) is 5.32 Å². The van der Waals surface area contributed by atoms with Crippen molar-refractivity contribution < 1.29 is 13.2 Å². The van der Waals surface area contributed by atoms with E-state index in [1.165, 1.54) is 13.1 Å². The summed E-state index contributed by atoms with van der Waals surface area (Å²) in [6.45, 7) is 3.90. The molecule has 3 aromatic rings. The van der Waals surface area contributed by atoms with Crippen LogP contribution in [0, 0.1) is 0 Å². The van der Waals surface area contributed by atoms with Gasteiger partial charge < -0.3 is 5.32 Å². The molecule has 1 heterocycles. The average molecular weight is 420 g/mol. The van der Waals surface area contributed by atoms with Crippen molar-refractivity contribution in [3.63, 3.8) is 0 Å². The molecule has 9 heteroatoms. The maximum Gasteiger partial charge on any atom is 0.308 e. The second-order valence-corrected chi connectivity index (χ2v) is 9.76. The van der Waals surface area contributed by atoms with Gasteiger partial charge in [0.05, 0.1) is 22.2 Å². The van der Waals surface area contributed by atoms with Crippen LogP contribution in [0.5, 0.6) is 0 Å². The van der Waals surface area contributed by atoms with Crippen LogP contribution < -0.4 is 14.5 Å². The van der Waals surface area contributed by atoms with Crippen LogP contribution in [0.1, 0.15) is 30.2 Å². The summed E-state index contributed by atoms with van der Waals surface area (Å²) in [6, 6.07) is 11.8. The fourth-order valence-corrected chi connectivity index (χ4v) is 4.39. The first-order chi connectivity index (χ1) is 13.1. The molecule has 28 heavy (non-hydrogen) atoms. The van der Waals surface area contributed by atoms with Crippen LogP contribution in [-0.2, 0) is 10.0 Å². The largest absolute Gasteiger partial charge is 0.322 e. The predicted molar refractivity (Wildman–Crippen MR) is 114 cm³/mol. The lowest BCUT2D eigenvalue weighted by Crippen LogP contribution is -2.25. The molecule has 0 aliphatic heterocycles. The minimum absolute atomic E-state index is 0.0370. The van der Waals surface area contributed by atoms with Crippen LogP contribution in [-0.4, -0.2) is 32.2 Å². The van der Waals surface area contributed by atoms with Crippen molar-refractivity contribution in [3.05, 3.63) is 57.7 Å². The van der Waals surface area contributed by atoms with Gasteiger partial charge in [0, 0.05) is 24.3 Å². The molecule has 0 atom stereocenters. The molecule has 0 spiro atoms. The smallest absolute Gasteiger partial charge is 0.308 e. The second-order valence-electron chi connectivity index (χ2n) is 6.75. The van der Waals surface area contributed by atoms with Gasteiger partial charge in [0.15, 0.2) is 0 Å². The molecule has 1 aromatic heterocycles. The molecule has 0 radical (unpaired) electrons. The molecule has 148 valence electrons. The van der Waals surface area contributed by atoms with Gasteiger partial charge in [-0.15, -0.1) is 0 Å². The number of fused-ring (bicyclic) bond motifs is 1. The zero-order valence-corrected chi connectivity index (χ0v) is 17.6. The number of rotatable bonds is 5. The molecule has 0 aliphatic rings. The number of hydrogen-bond acceptors (Lipinski definition) is 5. The summed E-state index contributed by atoms with van der Waals surface area (Å²) in [5.74, 6) is -0.362. The van der Waals surface area contributed by atoms with Gasteiger partial charge in [-0.3, -0.25) is 18.5 Å². The number of benzene rings is 2. The van der Waals surface area contributed by atoms with Crippen LogP contribution in [0.3, 0.4) is 0 Å². The van der Waals surface area contributed by atoms with Gasteiger partial charge in [-0.1, -0.05) is 17.4 Å². The fourth-order valence-electron chi connectivity index (χ4n) is 2.84. The van der Waals surface area contributed by atoms with Gasteiger partial charge in [0.25, 0.3) is 5.91 Å². The third-order valence-corrected chi connectivity index (χ3v) is 6.48. The molecule has 0 bridgehead atoms. The summed E-state index contributed by atoms with van der Waals surface area (Å²) in [7, 11) is -1.99. The monoisotopic (exact) mass is 419 g/mol. The summed E-state index contributed by atoms with van der Waals surface area (Å²) < 4.78 is 27.0. The molecule has 0 unspecified atom stereocenters. The lowest BCUT2D eigenvalue weighted by Gasteiger charge is -2.17. The Bertz CT molecular complexity index is 1210. The van der Waals surface area contributed by atoms with Gasteiger partial charge in [-0.05, 0) is 50.2 Å². The van der Waals surface area contributed by atoms with Crippen molar-refractivity contribution in [1.82, 2.24) is 4.57 Å². The molecule has 0 aliphatic carbocycles. The lowest BCUT2D eigenvalue weighted by molar-refractivity contribution is 0.102. The Labute approximate surface area is 167 Å². The average Bonchev–Trinajstić information content (AvgIpc) is 2.95. The highest BCUT2D eigenvalue weighted by Gasteiger charge is 2.15. The van der Waals surface area contributed by atoms with Crippen molar-refractivity contribution in [2.45, 2.75) is 19.9 Å². The number of carbonyl (C=O) groups excluding carboxylic acids is 1. The van der Waals surface area contributed by atoms with Crippen LogP contribution in [0.4, 0.5) is 11.4 Å². The summed E-state index contributed by atoms with van der Waals surface area (Å²) in [5, 5.41) is 2.80. The zero-order chi connectivity index (χ0) is 20.6. The Balaban J connectivity index is 1.88. The third-order valence-electron chi connectivity index (χ3n) is 4.36. The van der Waals surface area contributed by atoms with E-state index in [0.717, 1.165) is 32.1 Å². The number of anilines is 2. The molecule has 1 N–H and O–H groups in total. The highest BCUT2D eigenvalue weighted by Crippen LogP contribution is 2.25. The third kappa shape index (κ3) is 3.95. The van der Waals surface area contributed by atoms with E-state index >= 15 is 0 Å². The van der Waals surface area contributed by atoms with Gasteiger partial charge in [0.2, 0.25) is 10.0 Å². The molecular weight excluding hydrogens is 398 g/mol. The zero-order valence-electron chi connectivity index (χ0n) is 16.0. The molecule has 7 nitrogen and oxygen atoms in total. The summed E-state index contributed by atoms with van der Waals surface area (Å²) >= 11 is 1.14. The van der Waals surface area contributed by atoms with Crippen LogP contribution in [0.25, 0.3) is 10.2 Å². The van der Waals surface area contributed by atoms with E-state index < -0.39 is 10.0 Å². The Kier molecular flexibility index (Phi) is 5.31. The van der Waals surface area contributed by atoms with E-state index in [-0.39, 0.29) is 16.8 Å². The molecule has 2 aromatic carbocycles. The normalized spacial score (nSPS) is 11.8. The molecular formula is C19H21N3O4S2. The first-order valence-corrected chi connectivity index (χ1v) is 11.2. The van der Waals surface area contributed by atoms with Crippen LogP contribution >= 0.6 is 11.3 Å². The number of hydrogen-bond donors (Lipinski definition) is 1. The summed E-state index contributed by atoms with van der Waals surface area (Å²) in [4.78, 5) is 24.7. The molecule has 0 saturated heterocycles. The molecule has 3 rings (SSSR count). The predicted octanol–water partition coefficient (Wildman–Crippen LogP) is 3.29. The first kappa shape index (κ1) is 20.1. The van der Waals surface area contributed by atoms with Crippen molar-refractivity contribution in [2.75, 3.05) is 22.9 Å². The van der Waals surface area contributed by atoms with E-state index in [1.54, 1.807) is 34.9 Å². The van der Waals surface area contributed by atoms with Gasteiger partial charge in [-0.25, -0.2) is 8.42 Å². The number of carbonyl (C=O) groups is 1. The van der Waals surface area contributed by atoms with E-state index in [0.29, 0.717) is 16.9 Å². The Morgan fingerprint density at radius 2 is 1.89 bits per heavy atom. The van der Waals surface area contributed by atoms with E-state index in [1.807, 2.05) is 19.9 Å². The number of nitrogens with one attached hydrogen (secondary N) is 1. The van der Waals surface area contributed by atoms with Crippen molar-refractivity contribution in [1.29, 1.82) is 0 Å². The standard InChI is InChI=1S/C19H21N3O4S2/c1-12(2)22-16-9-8-14(11-17(16)27-19(22)24)20-18(23)13-6-5-7-15(10-13)21(3)28(4,25)26/h5-12H,1-4H3,(H,20,23). The lowest BCUT2D eigenvalue weighted by atomic mass is 10.2. The van der Waals surface area contributed by atoms with E-state index in [9.17, 15) is 18.0 Å². The maximum absolute atomic E-state index is 12.6. The summed E-state index contributed by atoms with van der Waals surface area (Å²) in [5.41, 5.74) is 2.13. The molecule has 1 amide bonds. The van der Waals surface area contributed by atoms with Crippen LogP contribution in [0.2, 0.25) is 0 Å². The quantitative estimate of drug-likeness (QED) is 0.687. The van der Waals surface area contributed by atoms with Crippen LogP contribution in [0.15, 0.2) is 47.3 Å². The minimum atomic E-state index is -3.42. The van der Waals surface area contributed by atoms with Crippen molar-refractivity contribution in [2.24, 2.45) is 0 Å². The highest BCUT2D eigenvalue weighted by molar-refractivity contribution is 7.92. The highest BCUT2D eigenvalue weighted by atomic mass is 32.2. The second kappa shape index (κ2) is 7.40. The number of aromatic nitrogens is 1. The summed E-state index contributed by atoms with van der Waals surface area (Å²) in [6.07, 6.45) is 1.10. The number of sulfonamides is 1. The number of nitrogens with zero attached hydrogens (tertiary/aromatic N) is 2. The van der Waals surface area contributed by atoms with E-state index in [4.69, 9.17) is 0 Å². The van der Waals surface area contributed by atoms with Crippen molar-refractivity contribution in [3.8, 4) is 0 Å². The van der Waals surface area contributed by atoms with Gasteiger partial charge in [0.1, 0.15) is 0 Å². The van der Waals surface area contributed by atoms with Crippen molar-refractivity contribution >= 4 is 48.9 Å². The Morgan fingerprint density at radius 3 is 2.54 bits per heavy atom. The first-order valence-electron chi connectivity index (χ1n) is 8.58. The molecule has 0 fully saturated rings. The van der Waals surface area contributed by atoms with Gasteiger partial charge in [-0.2, -0.15) is 0 Å². The number of thiazole rings is 1. The fraction of sp³-hybridized carbons (Fsp3) is 0.263. The topological polar surface area (TPSA) is 88.5 Å². The Hall–Kier alpha value is -2.65. The SMILES string of the molecule is CC(C)n1c(=O)sc2cc(NC(=O)c3cccc(N(C)S(C)(=O)=O)c3)ccc21. The van der Waals surface area contributed by atoms with Gasteiger partial charge >= 0.3 is 4.87 Å². The minimum Gasteiger partial charge on any atom is -0.322 e. The number of amides is 1. The Morgan fingerprint density at radius 1 is 1.18 bits per heavy atom. The maximum atomic E-state index is 12.6. The molecule has 0 saturated carbocycles.